The first kappa shape index (κ1) is 17.8. The molecule has 4 saturated heterocycles. The molecular weight excluding hydrogens is 350 g/mol. The van der Waals surface area contributed by atoms with Gasteiger partial charge in [-0.2, -0.15) is 0 Å². The average molecular weight is 377 g/mol. The Bertz CT molecular complexity index is 837. The van der Waals surface area contributed by atoms with Gasteiger partial charge in [0.1, 0.15) is 5.82 Å². The summed E-state index contributed by atoms with van der Waals surface area (Å²) in [6.45, 7) is 8.38. The van der Waals surface area contributed by atoms with E-state index >= 15 is 0 Å². The fourth-order valence-corrected chi connectivity index (χ4v) is 5.45. The van der Waals surface area contributed by atoms with Gasteiger partial charge in [0.2, 0.25) is 0 Å². The number of nitrogens with one attached hydrogen (secondary N) is 1. The van der Waals surface area contributed by atoms with Crippen molar-refractivity contribution in [3.05, 3.63) is 59.7 Å². The Hall–Kier alpha value is -2.31. The van der Waals surface area contributed by atoms with Crippen molar-refractivity contribution in [3.8, 4) is 0 Å². The van der Waals surface area contributed by atoms with E-state index in [1.165, 1.54) is 5.56 Å². The lowest BCUT2D eigenvalue weighted by molar-refractivity contribution is 0.0180. The SMILES string of the molecule is CCc1ncc(C(=O)N[C@H]2C3CN4CCN(C3)CC2(c2ccccc2)C4)cn1. The number of aryl methyl sites for hydroxylation is 1. The van der Waals surface area contributed by atoms with Crippen molar-refractivity contribution in [1.82, 2.24) is 25.1 Å². The van der Waals surface area contributed by atoms with Crippen LogP contribution in [0.25, 0.3) is 0 Å². The molecular formula is C22H27N5O. The van der Waals surface area contributed by atoms with Crippen molar-refractivity contribution in [3.63, 3.8) is 0 Å². The molecule has 0 radical (unpaired) electrons. The summed E-state index contributed by atoms with van der Waals surface area (Å²) in [4.78, 5) is 26.9. The minimum absolute atomic E-state index is 0.0564. The van der Waals surface area contributed by atoms with Gasteiger partial charge in [-0.05, 0) is 5.56 Å². The van der Waals surface area contributed by atoms with Crippen LogP contribution in [0.3, 0.4) is 0 Å². The molecule has 0 saturated carbocycles. The summed E-state index contributed by atoms with van der Waals surface area (Å²) in [5.74, 6) is 1.15. The van der Waals surface area contributed by atoms with Crippen molar-refractivity contribution in [2.24, 2.45) is 5.92 Å². The molecule has 6 rings (SSSR count). The van der Waals surface area contributed by atoms with E-state index in [-0.39, 0.29) is 17.4 Å². The summed E-state index contributed by atoms with van der Waals surface area (Å²) < 4.78 is 0. The molecule has 4 aliphatic rings. The molecule has 0 spiro atoms. The van der Waals surface area contributed by atoms with Crippen LogP contribution < -0.4 is 5.32 Å². The van der Waals surface area contributed by atoms with Crippen LogP contribution in [-0.4, -0.2) is 71.0 Å². The van der Waals surface area contributed by atoms with Gasteiger partial charge in [0.25, 0.3) is 5.91 Å². The lowest BCUT2D eigenvalue weighted by Gasteiger charge is -2.55. The first-order valence-electron chi connectivity index (χ1n) is 10.3. The highest BCUT2D eigenvalue weighted by Crippen LogP contribution is 2.43. The molecule has 2 unspecified atom stereocenters. The summed E-state index contributed by atoms with van der Waals surface area (Å²) >= 11 is 0. The monoisotopic (exact) mass is 377 g/mol. The minimum Gasteiger partial charge on any atom is -0.348 e. The predicted octanol–water partition coefficient (Wildman–Crippen LogP) is 1.34. The van der Waals surface area contributed by atoms with E-state index in [1.807, 2.05) is 6.92 Å². The summed E-state index contributed by atoms with van der Waals surface area (Å²) in [6.07, 6.45) is 4.09. The molecule has 146 valence electrons. The number of aromatic nitrogens is 2. The Morgan fingerprint density at radius 1 is 1.11 bits per heavy atom. The number of piperidine rings is 2. The third-order valence-corrected chi connectivity index (χ3v) is 6.72. The molecule has 6 nitrogen and oxygen atoms in total. The topological polar surface area (TPSA) is 61.4 Å². The third-order valence-electron chi connectivity index (χ3n) is 6.72. The zero-order chi connectivity index (χ0) is 19.1. The van der Waals surface area contributed by atoms with Gasteiger partial charge in [-0.3, -0.25) is 4.79 Å². The number of hydrogen-bond donors (Lipinski definition) is 1. The van der Waals surface area contributed by atoms with Gasteiger partial charge in [0, 0.05) is 75.5 Å². The molecule has 3 atom stereocenters. The van der Waals surface area contributed by atoms with E-state index < -0.39 is 0 Å². The molecule has 1 N–H and O–H groups in total. The number of fused-ring (bicyclic) bond motifs is 1. The van der Waals surface area contributed by atoms with Gasteiger partial charge in [0.15, 0.2) is 0 Å². The summed E-state index contributed by atoms with van der Waals surface area (Å²) in [5, 5.41) is 3.41. The Balaban J connectivity index is 1.49. The molecule has 1 aromatic carbocycles. The van der Waals surface area contributed by atoms with Crippen LogP contribution in [0.2, 0.25) is 0 Å². The lowest BCUT2D eigenvalue weighted by atomic mass is 9.64. The van der Waals surface area contributed by atoms with Gasteiger partial charge in [-0.1, -0.05) is 37.3 Å². The quantitative estimate of drug-likeness (QED) is 0.871. The van der Waals surface area contributed by atoms with Crippen molar-refractivity contribution < 1.29 is 4.79 Å². The number of nitrogens with zero attached hydrogens (tertiary/aromatic N) is 4. The molecule has 5 heterocycles. The first-order valence-corrected chi connectivity index (χ1v) is 10.3. The third kappa shape index (κ3) is 2.91. The Labute approximate surface area is 166 Å². The Kier molecular flexibility index (Phi) is 4.40. The van der Waals surface area contributed by atoms with Crippen molar-refractivity contribution in [2.45, 2.75) is 24.8 Å². The van der Waals surface area contributed by atoms with Crippen LogP contribution in [0.1, 0.15) is 28.7 Å². The van der Waals surface area contributed by atoms with Crippen LogP contribution in [0, 0.1) is 5.92 Å². The smallest absolute Gasteiger partial charge is 0.254 e. The maximum Gasteiger partial charge on any atom is 0.254 e. The standard InChI is InChI=1S/C22H27N5O/c1-2-19-23-10-16(11-24-19)21(28)25-20-17-12-26-8-9-27(13-17)15-22(20,14-26)18-6-4-3-5-7-18/h3-7,10-11,17,20H,2,8-9,12-15H2,1H3,(H,25,28)/t17?,20-,22?/m0/s1. The maximum atomic E-state index is 13.1. The molecule has 2 aromatic rings. The lowest BCUT2D eigenvalue weighted by Crippen LogP contribution is -2.70. The minimum atomic E-state index is -0.0706. The van der Waals surface area contributed by atoms with Crippen molar-refractivity contribution >= 4 is 5.91 Å². The molecule has 0 aliphatic carbocycles. The van der Waals surface area contributed by atoms with E-state index in [9.17, 15) is 4.79 Å². The summed E-state index contributed by atoms with van der Waals surface area (Å²) in [7, 11) is 0. The number of hydrogen-bond acceptors (Lipinski definition) is 5. The average Bonchev–Trinajstić information content (AvgIpc) is 2.99. The fraction of sp³-hybridized carbons (Fsp3) is 0.500. The molecule has 1 amide bonds. The molecule has 4 bridgehead atoms. The zero-order valence-electron chi connectivity index (χ0n) is 16.3. The molecule has 6 heteroatoms. The van der Waals surface area contributed by atoms with Crippen molar-refractivity contribution in [1.29, 1.82) is 0 Å². The molecule has 1 aromatic heterocycles. The van der Waals surface area contributed by atoms with Gasteiger partial charge in [-0.25, -0.2) is 9.97 Å². The highest BCUT2D eigenvalue weighted by atomic mass is 16.1. The molecule has 28 heavy (non-hydrogen) atoms. The number of carbonyl (C=O) groups excluding carboxylic acids is 1. The van der Waals surface area contributed by atoms with E-state index in [1.54, 1.807) is 12.4 Å². The number of carbonyl (C=O) groups is 1. The second-order valence-corrected chi connectivity index (χ2v) is 8.45. The normalized spacial score (nSPS) is 33.5. The summed E-state index contributed by atoms with van der Waals surface area (Å²) in [5.41, 5.74) is 1.81. The van der Waals surface area contributed by atoms with Gasteiger partial charge in [-0.15, -0.1) is 0 Å². The van der Waals surface area contributed by atoms with Gasteiger partial charge >= 0.3 is 0 Å². The number of benzene rings is 1. The Morgan fingerprint density at radius 2 is 1.75 bits per heavy atom. The van der Waals surface area contributed by atoms with Crippen molar-refractivity contribution in [2.75, 3.05) is 39.3 Å². The van der Waals surface area contributed by atoms with E-state index in [2.05, 4.69) is 55.4 Å². The van der Waals surface area contributed by atoms with E-state index in [4.69, 9.17) is 0 Å². The van der Waals surface area contributed by atoms with Crippen LogP contribution in [0.4, 0.5) is 0 Å². The zero-order valence-corrected chi connectivity index (χ0v) is 16.3. The summed E-state index contributed by atoms with van der Waals surface area (Å²) in [6, 6.07) is 10.9. The highest BCUT2D eigenvalue weighted by molar-refractivity contribution is 5.94. The second kappa shape index (κ2) is 6.94. The Morgan fingerprint density at radius 3 is 2.36 bits per heavy atom. The number of amides is 1. The van der Waals surface area contributed by atoms with Crippen LogP contribution in [0.15, 0.2) is 42.7 Å². The maximum absolute atomic E-state index is 13.1. The highest BCUT2D eigenvalue weighted by Gasteiger charge is 2.55. The predicted molar refractivity (Wildman–Crippen MR) is 107 cm³/mol. The molecule has 4 fully saturated rings. The van der Waals surface area contributed by atoms with Crippen LogP contribution >= 0.6 is 0 Å². The van der Waals surface area contributed by atoms with E-state index in [0.29, 0.717) is 11.5 Å². The largest absolute Gasteiger partial charge is 0.348 e. The number of rotatable bonds is 4. The second-order valence-electron chi connectivity index (χ2n) is 8.45. The van der Waals surface area contributed by atoms with Gasteiger partial charge < -0.3 is 15.1 Å². The van der Waals surface area contributed by atoms with E-state index in [0.717, 1.165) is 51.5 Å². The van der Waals surface area contributed by atoms with Gasteiger partial charge in [0.05, 0.1) is 5.56 Å². The fourth-order valence-electron chi connectivity index (χ4n) is 5.45. The first-order chi connectivity index (χ1) is 13.7. The van der Waals surface area contributed by atoms with Crippen LogP contribution in [-0.2, 0) is 11.8 Å². The van der Waals surface area contributed by atoms with Crippen LogP contribution in [0.5, 0.6) is 0 Å². The molecule has 4 aliphatic heterocycles.